The number of anilines is 1. The zero-order valence-corrected chi connectivity index (χ0v) is 9.68. The van der Waals surface area contributed by atoms with E-state index < -0.39 is 10.8 Å². The maximum absolute atomic E-state index is 12.0. The first kappa shape index (κ1) is 12.3. The predicted octanol–water partition coefficient (Wildman–Crippen LogP) is 1.16. The van der Waals surface area contributed by atoms with Crippen LogP contribution in [0.4, 0.5) is 11.4 Å². The molecule has 1 saturated carbocycles. The van der Waals surface area contributed by atoms with Gasteiger partial charge in [-0.05, 0) is 31.4 Å². The SMILES string of the molecule is NNc1ccc([N+](=O)[O-])c(C(=O)NC2CCC2)c1. The summed E-state index contributed by atoms with van der Waals surface area (Å²) in [6.07, 6.45) is 2.93. The molecule has 0 aromatic heterocycles. The minimum Gasteiger partial charge on any atom is -0.349 e. The molecule has 0 aliphatic heterocycles. The van der Waals surface area contributed by atoms with Crippen molar-refractivity contribution in [2.45, 2.75) is 25.3 Å². The van der Waals surface area contributed by atoms with Crippen molar-refractivity contribution in [3.63, 3.8) is 0 Å². The summed E-state index contributed by atoms with van der Waals surface area (Å²) in [6, 6.07) is 4.24. The lowest BCUT2D eigenvalue weighted by atomic mass is 9.93. The minimum absolute atomic E-state index is 0.0300. The molecule has 1 aliphatic rings. The van der Waals surface area contributed by atoms with Gasteiger partial charge in [-0.2, -0.15) is 0 Å². The summed E-state index contributed by atoms with van der Waals surface area (Å²) < 4.78 is 0. The first-order valence-corrected chi connectivity index (χ1v) is 5.67. The molecule has 1 fully saturated rings. The first-order chi connectivity index (χ1) is 8.61. The molecule has 4 N–H and O–H groups in total. The molecule has 0 saturated heterocycles. The molecule has 0 radical (unpaired) electrons. The van der Waals surface area contributed by atoms with Gasteiger partial charge in [0.2, 0.25) is 0 Å². The summed E-state index contributed by atoms with van der Waals surface area (Å²) in [4.78, 5) is 22.3. The van der Waals surface area contributed by atoms with Crippen LogP contribution in [0, 0.1) is 10.1 Å². The van der Waals surface area contributed by atoms with E-state index in [9.17, 15) is 14.9 Å². The number of hydrogen-bond acceptors (Lipinski definition) is 5. The molecule has 0 unspecified atom stereocenters. The molecule has 1 aromatic rings. The maximum Gasteiger partial charge on any atom is 0.282 e. The summed E-state index contributed by atoms with van der Waals surface area (Å²) in [7, 11) is 0. The predicted molar refractivity (Wildman–Crippen MR) is 66.0 cm³/mol. The van der Waals surface area contributed by atoms with Crippen LogP contribution in [0.15, 0.2) is 18.2 Å². The Kier molecular flexibility index (Phi) is 3.42. The van der Waals surface area contributed by atoms with Crippen molar-refractivity contribution in [2.75, 3.05) is 5.43 Å². The maximum atomic E-state index is 12.0. The second-order valence-electron chi connectivity index (χ2n) is 4.23. The third-order valence-corrected chi connectivity index (χ3v) is 3.04. The number of benzene rings is 1. The molecule has 1 amide bonds. The van der Waals surface area contributed by atoms with Crippen LogP contribution in [0.25, 0.3) is 0 Å². The Hall–Kier alpha value is -2.15. The van der Waals surface area contributed by atoms with Crippen molar-refractivity contribution in [3.8, 4) is 0 Å². The molecule has 2 rings (SSSR count). The van der Waals surface area contributed by atoms with Gasteiger partial charge in [0, 0.05) is 17.8 Å². The third-order valence-electron chi connectivity index (χ3n) is 3.04. The summed E-state index contributed by atoms with van der Waals surface area (Å²) in [5.74, 6) is 4.80. The molecule has 7 nitrogen and oxygen atoms in total. The number of hydrazine groups is 1. The van der Waals surface area contributed by atoms with Gasteiger partial charge in [-0.3, -0.25) is 20.8 Å². The van der Waals surface area contributed by atoms with E-state index >= 15 is 0 Å². The number of nitrogens with one attached hydrogen (secondary N) is 2. The van der Waals surface area contributed by atoms with E-state index in [1.807, 2.05) is 0 Å². The number of nitrogens with zero attached hydrogens (tertiary/aromatic N) is 1. The zero-order chi connectivity index (χ0) is 13.1. The third kappa shape index (κ3) is 2.40. The van der Waals surface area contributed by atoms with E-state index in [0.717, 1.165) is 19.3 Å². The number of amides is 1. The number of rotatable bonds is 4. The quantitative estimate of drug-likeness (QED) is 0.422. The van der Waals surface area contributed by atoms with Gasteiger partial charge in [0.15, 0.2) is 0 Å². The molecule has 1 aromatic carbocycles. The fourth-order valence-electron chi connectivity index (χ4n) is 1.78. The van der Waals surface area contributed by atoms with Crippen LogP contribution in [-0.2, 0) is 0 Å². The number of nitro groups is 1. The van der Waals surface area contributed by atoms with Crippen molar-refractivity contribution >= 4 is 17.3 Å². The molecule has 0 spiro atoms. The highest BCUT2D eigenvalue weighted by atomic mass is 16.6. The Bertz CT molecular complexity index is 485. The van der Waals surface area contributed by atoms with Gasteiger partial charge in [0.1, 0.15) is 5.56 Å². The smallest absolute Gasteiger partial charge is 0.282 e. The average Bonchev–Trinajstić information content (AvgIpc) is 2.32. The highest BCUT2D eigenvalue weighted by molar-refractivity contribution is 5.99. The van der Waals surface area contributed by atoms with Crippen LogP contribution in [0.2, 0.25) is 0 Å². The molecular formula is C11H14N4O3. The topological polar surface area (TPSA) is 110 Å². The van der Waals surface area contributed by atoms with Crippen molar-refractivity contribution in [1.82, 2.24) is 5.32 Å². The summed E-state index contributed by atoms with van der Waals surface area (Å²) in [5, 5.41) is 13.6. The molecule has 96 valence electrons. The Morgan fingerprint density at radius 1 is 1.44 bits per heavy atom. The number of hydrogen-bond donors (Lipinski definition) is 3. The normalized spacial score (nSPS) is 14.7. The van der Waals surface area contributed by atoms with E-state index in [-0.39, 0.29) is 17.3 Å². The van der Waals surface area contributed by atoms with Crippen LogP contribution >= 0.6 is 0 Å². The largest absolute Gasteiger partial charge is 0.349 e. The van der Waals surface area contributed by atoms with Crippen LogP contribution in [0.5, 0.6) is 0 Å². The van der Waals surface area contributed by atoms with E-state index in [1.165, 1.54) is 18.2 Å². The van der Waals surface area contributed by atoms with Crippen molar-refractivity contribution in [3.05, 3.63) is 33.9 Å². The highest BCUT2D eigenvalue weighted by Crippen LogP contribution is 2.24. The summed E-state index contributed by atoms with van der Waals surface area (Å²) in [5.41, 5.74) is 2.64. The van der Waals surface area contributed by atoms with Crippen molar-refractivity contribution < 1.29 is 9.72 Å². The fourth-order valence-corrected chi connectivity index (χ4v) is 1.78. The molecule has 18 heavy (non-hydrogen) atoms. The van der Waals surface area contributed by atoms with Gasteiger partial charge in [-0.15, -0.1) is 0 Å². The molecule has 0 bridgehead atoms. The monoisotopic (exact) mass is 250 g/mol. The van der Waals surface area contributed by atoms with Gasteiger partial charge in [0.05, 0.1) is 4.92 Å². The van der Waals surface area contributed by atoms with Gasteiger partial charge in [-0.1, -0.05) is 0 Å². The van der Waals surface area contributed by atoms with Crippen LogP contribution in [0.3, 0.4) is 0 Å². The number of nitrogen functional groups attached to an aromatic ring is 1. The number of nitrogens with two attached hydrogens (primary N) is 1. The molecule has 7 heteroatoms. The zero-order valence-electron chi connectivity index (χ0n) is 9.68. The molecular weight excluding hydrogens is 236 g/mol. The van der Waals surface area contributed by atoms with E-state index in [1.54, 1.807) is 0 Å². The Morgan fingerprint density at radius 2 is 2.17 bits per heavy atom. The Balaban J connectivity index is 2.26. The van der Waals surface area contributed by atoms with Crippen LogP contribution < -0.4 is 16.6 Å². The second kappa shape index (κ2) is 5.01. The Morgan fingerprint density at radius 3 is 2.67 bits per heavy atom. The molecule has 1 aliphatic carbocycles. The standard InChI is InChI=1S/C11H14N4O3/c12-14-8-4-5-10(15(17)18)9(6-8)11(16)13-7-2-1-3-7/h4-7,14H,1-3,12H2,(H,13,16). The first-order valence-electron chi connectivity index (χ1n) is 5.67. The minimum atomic E-state index is -0.573. The average molecular weight is 250 g/mol. The Labute approximate surface area is 103 Å². The van der Waals surface area contributed by atoms with Crippen LogP contribution in [-0.4, -0.2) is 16.9 Å². The molecule has 0 heterocycles. The lowest BCUT2D eigenvalue weighted by Crippen LogP contribution is -2.39. The van der Waals surface area contributed by atoms with Crippen LogP contribution in [0.1, 0.15) is 29.6 Å². The summed E-state index contributed by atoms with van der Waals surface area (Å²) >= 11 is 0. The lowest BCUT2D eigenvalue weighted by Gasteiger charge is -2.26. The lowest BCUT2D eigenvalue weighted by molar-refractivity contribution is -0.385. The fraction of sp³-hybridized carbons (Fsp3) is 0.364. The van der Waals surface area contributed by atoms with Crippen molar-refractivity contribution in [2.24, 2.45) is 5.84 Å². The van der Waals surface area contributed by atoms with Gasteiger partial charge in [-0.25, -0.2) is 0 Å². The van der Waals surface area contributed by atoms with E-state index in [2.05, 4.69) is 10.7 Å². The summed E-state index contributed by atoms with van der Waals surface area (Å²) in [6.45, 7) is 0. The number of nitro benzene ring substituents is 1. The highest BCUT2D eigenvalue weighted by Gasteiger charge is 2.25. The van der Waals surface area contributed by atoms with Gasteiger partial charge in [0.25, 0.3) is 11.6 Å². The number of carbonyl (C=O) groups excluding carboxylic acids is 1. The van der Waals surface area contributed by atoms with E-state index in [0.29, 0.717) is 5.69 Å². The van der Waals surface area contributed by atoms with Crippen molar-refractivity contribution in [1.29, 1.82) is 0 Å². The van der Waals surface area contributed by atoms with Gasteiger partial charge < -0.3 is 10.7 Å². The second-order valence-corrected chi connectivity index (χ2v) is 4.23. The molecule has 0 atom stereocenters. The number of carbonyl (C=O) groups is 1. The van der Waals surface area contributed by atoms with E-state index in [4.69, 9.17) is 5.84 Å². The van der Waals surface area contributed by atoms with Gasteiger partial charge >= 0.3 is 0 Å².